The highest BCUT2D eigenvalue weighted by molar-refractivity contribution is 5.95. The van der Waals surface area contributed by atoms with Crippen molar-refractivity contribution in [2.24, 2.45) is 0 Å². The van der Waals surface area contributed by atoms with Gasteiger partial charge in [0.05, 0.1) is 24.3 Å². The number of H-pyrrole nitrogens is 1. The second kappa shape index (κ2) is 7.50. The molecule has 1 N–H and O–H groups in total. The Morgan fingerprint density at radius 2 is 1.86 bits per heavy atom. The molecule has 7 heteroatoms. The van der Waals surface area contributed by atoms with E-state index in [1.807, 2.05) is 30.3 Å². The molecule has 0 aliphatic carbocycles. The molecule has 4 rings (SSSR count). The number of rotatable bonds is 4. The molecule has 0 spiro atoms. The Morgan fingerprint density at radius 3 is 2.62 bits per heavy atom. The van der Waals surface area contributed by atoms with Crippen LogP contribution in [0, 0.1) is 13.8 Å². The number of amides is 1. The summed E-state index contributed by atoms with van der Waals surface area (Å²) in [5.41, 5.74) is 2.46. The summed E-state index contributed by atoms with van der Waals surface area (Å²) in [6, 6.07) is 11.7. The predicted molar refractivity (Wildman–Crippen MR) is 109 cm³/mol. The van der Waals surface area contributed by atoms with E-state index in [-0.39, 0.29) is 35.7 Å². The predicted octanol–water partition coefficient (Wildman–Crippen LogP) is 1.95. The quantitative estimate of drug-likeness (QED) is 0.738. The van der Waals surface area contributed by atoms with E-state index in [2.05, 4.69) is 9.97 Å². The SMILES string of the molecule is Cc1nc2c(c(=O)[nH]1)CN(C(=O)c1c(C)ccn(CCc3ccccc3)c1=O)C2. The van der Waals surface area contributed by atoms with Crippen LogP contribution in [0.2, 0.25) is 0 Å². The van der Waals surface area contributed by atoms with Crippen LogP contribution in [0.5, 0.6) is 0 Å². The number of hydrogen-bond donors (Lipinski definition) is 1. The molecular weight excluding hydrogens is 368 g/mol. The number of aromatic nitrogens is 3. The number of carbonyl (C=O) groups is 1. The van der Waals surface area contributed by atoms with Crippen LogP contribution >= 0.6 is 0 Å². The van der Waals surface area contributed by atoms with Crippen molar-refractivity contribution < 1.29 is 4.79 Å². The first-order chi connectivity index (χ1) is 13.9. The summed E-state index contributed by atoms with van der Waals surface area (Å²) >= 11 is 0. The minimum atomic E-state index is -0.364. The van der Waals surface area contributed by atoms with Crippen LogP contribution in [0.4, 0.5) is 0 Å². The van der Waals surface area contributed by atoms with Crippen LogP contribution < -0.4 is 11.1 Å². The van der Waals surface area contributed by atoms with Gasteiger partial charge in [0.15, 0.2) is 0 Å². The third kappa shape index (κ3) is 3.63. The van der Waals surface area contributed by atoms with E-state index >= 15 is 0 Å². The zero-order valence-electron chi connectivity index (χ0n) is 16.4. The summed E-state index contributed by atoms with van der Waals surface area (Å²) in [6.45, 7) is 4.35. The van der Waals surface area contributed by atoms with E-state index in [4.69, 9.17) is 0 Å². The van der Waals surface area contributed by atoms with Crippen molar-refractivity contribution in [2.45, 2.75) is 39.9 Å². The first-order valence-corrected chi connectivity index (χ1v) is 9.56. The molecule has 0 atom stereocenters. The lowest BCUT2D eigenvalue weighted by atomic mass is 10.1. The van der Waals surface area contributed by atoms with Crippen LogP contribution in [0.25, 0.3) is 0 Å². The maximum Gasteiger partial charge on any atom is 0.263 e. The van der Waals surface area contributed by atoms with Crippen molar-refractivity contribution in [1.29, 1.82) is 0 Å². The number of pyridine rings is 1. The number of hydrogen-bond acceptors (Lipinski definition) is 4. The minimum absolute atomic E-state index is 0.154. The highest BCUT2D eigenvalue weighted by Crippen LogP contribution is 2.20. The lowest BCUT2D eigenvalue weighted by molar-refractivity contribution is 0.0747. The Morgan fingerprint density at radius 1 is 1.10 bits per heavy atom. The Balaban J connectivity index is 1.60. The molecule has 148 valence electrons. The second-order valence-corrected chi connectivity index (χ2v) is 7.35. The molecule has 0 fully saturated rings. The van der Waals surface area contributed by atoms with Crippen molar-refractivity contribution in [3.63, 3.8) is 0 Å². The van der Waals surface area contributed by atoms with Gasteiger partial charge in [-0.2, -0.15) is 0 Å². The molecule has 0 bridgehead atoms. The van der Waals surface area contributed by atoms with Crippen molar-refractivity contribution >= 4 is 5.91 Å². The first kappa shape index (κ1) is 18.9. The third-order valence-electron chi connectivity index (χ3n) is 5.27. The van der Waals surface area contributed by atoms with Crippen LogP contribution in [0.3, 0.4) is 0 Å². The van der Waals surface area contributed by atoms with Crippen molar-refractivity contribution in [3.8, 4) is 0 Å². The smallest absolute Gasteiger partial charge is 0.263 e. The summed E-state index contributed by atoms with van der Waals surface area (Å²) in [6.07, 6.45) is 2.43. The molecule has 1 aromatic carbocycles. The molecule has 7 nitrogen and oxygen atoms in total. The highest BCUT2D eigenvalue weighted by atomic mass is 16.2. The Hall–Kier alpha value is -3.48. The first-order valence-electron chi connectivity index (χ1n) is 9.56. The van der Waals surface area contributed by atoms with Gasteiger partial charge in [-0.05, 0) is 37.5 Å². The van der Waals surface area contributed by atoms with Crippen molar-refractivity contribution in [1.82, 2.24) is 19.4 Å². The van der Waals surface area contributed by atoms with E-state index in [1.54, 1.807) is 30.7 Å². The Labute approximate surface area is 167 Å². The summed E-state index contributed by atoms with van der Waals surface area (Å²) < 4.78 is 1.58. The zero-order chi connectivity index (χ0) is 20.5. The van der Waals surface area contributed by atoms with Gasteiger partial charge in [-0.1, -0.05) is 30.3 Å². The van der Waals surface area contributed by atoms with Gasteiger partial charge in [0.2, 0.25) is 0 Å². The Kier molecular flexibility index (Phi) is 4.88. The van der Waals surface area contributed by atoms with Crippen LogP contribution in [-0.4, -0.2) is 25.3 Å². The maximum atomic E-state index is 13.2. The van der Waals surface area contributed by atoms with Crippen molar-refractivity contribution in [3.05, 3.63) is 97.1 Å². The van der Waals surface area contributed by atoms with Gasteiger partial charge in [-0.3, -0.25) is 14.4 Å². The molecule has 1 aliphatic rings. The molecular formula is C22H22N4O3. The maximum absolute atomic E-state index is 13.2. The Bertz CT molecular complexity index is 1190. The average Bonchev–Trinajstić information content (AvgIpc) is 3.12. The van der Waals surface area contributed by atoms with Gasteiger partial charge < -0.3 is 14.5 Å². The van der Waals surface area contributed by atoms with Crippen molar-refractivity contribution in [2.75, 3.05) is 0 Å². The normalized spacial score (nSPS) is 12.8. The average molecular weight is 390 g/mol. The second-order valence-electron chi connectivity index (χ2n) is 7.35. The van der Waals surface area contributed by atoms with E-state index in [9.17, 15) is 14.4 Å². The van der Waals surface area contributed by atoms with Crippen LogP contribution in [-0.2, 0) is 26.1 Å². The molecule has 2 aromatic heterocycles. The zero-order valence-corrected chi connectivity index (χ0v) is 16.4. The molecule has 0 unspecified atom stereocenters. The molecule has 1 aliphatic heterocycles. The number of nitrogens with one attached hydrogen (secondary N) is 1. The van der Waals surface area contributed by atoms with E-state index < -0.39 is 0 Å². The summed E-state index contributed by atoms with van der Waals surface area (Å²) in [5, 5.41) is 0. The fraction of sp³-hybridized carbons (Fsp3) is 0.273. The largest absolute Gasteiger partial charge is 0.328 e. The fourth-order valence-corrected chi connectivity index (χ4v) is 3.69. The lowest BCUT2D eigenvalue weighted by Crippen LogP contribution is -2.35. The topological polar surface area (TPSA) is 88.1 Å². The summed E-state index contributed by atoms with van der Waals surface area (Å²) in [7, 11) is 0. The van der Waals surface area contributed by atoms with Gasteiger partial charge in [0, 0.05) is 12.7 Å². The van der Waals surface area contributed by atoms with Gasteiger partial charge in [0.1, 0.15) is 11.4 Å². The lowest BCUT2D eigenvalue weighted by Gasteiger charge is -2.17. The number of fused-ring (bicyclic) bond motifs is 1. The van der Waals surface area contributed by atoms with Gasteiger partial charge in [-0.25, -0.2) is 4.98 Å². The monoisotopic (exact) mass is 390 g/mol. The number of carbonyl (C=O) groups excluding carboxylic acids is 1. The van der Waals surface area contributed by atoms with Gasteiger partial charge in [0.25, 0.3) is 17.0 Å². The highest BCUT2D eigenvalue weighted by Gasteiger charge is 2.30. The van der Waals surface area contributed by atoms with Crippen LogP contribution in [0.15, 0.2) is 52.2 Å². The van der Waals surface area contributed by atoms with Gasteiger partial charge >= 0.3 is 0 Å². The van der Waals surface area contributed by atoms with Crippen LogP contribution in [0.1, 0.15) is 38.6 Å². The minimum Gasteiger partial charge on any atom is -0.328 e. The third-order valence-corrected chi connectivity index (χ3v) is 5.27. The molecule has 0 radical (unpaired) electrons. The van der Waals surface area contributed by atoms with E-state index in [0.717, 1.165) is 5.56 Å². The van der Waals surface area contributed by atoms with Gasteiger partial charge in [-0.15, -0.1) is 0 Å². The fourth-order valence-electron chi connectivity index (χ4n) is 3.69. The standard InChI is InChI=1S/C22H22N4O3/c1-14-8-10-25(11-9-16-6-4-3-5-7-16)21(28)19(14)22(29)26-12-17-18(13-26)23-15(2)24-20(17)27/h3-8,10H,9,11-13H2,1-2H3,(H,23,24,27). The number of aryl methyl sites for hydroxylation is 4. The molecule has 0 saturated heterocycles. The van der Waals surface area contributed by atoms with E-state index in [0.29, 0.717) is 35.6 Å². The summed E-state index contributed by atoms with van der Waals surface area (Å²) in [5.74, 6) is 0.152. The summed E-state index contributed by atoms with van der Waals surface area (Å²) in [4.78, 5) is 46.8. The molecule has 0 saturated carbocycles. The number of aromatic amines is 1. The van der Waals surface area contributed by atoms with E-state index in [1.165, 1.54) is 4.90 Å². The molecule has 1 amide bonds. The molecule has 3 heterocycles. The molecule has 3 aromatic rings. The number of benzene rings is 1. The number of nitrogens with zero attached hydrogens (tertiary/aromatic N) is 3. The molecule has 29 heavy (non-hydrogen) atoms.